The number of nitrogens with zero attached hydrogens (tertiary/aromatic N) is 2. The Labute approximate surface area is 163 Å². The first-order valence-electron chi connectivity index (χ1n) is 10.4. The van der Waals surface area contributed by atoms with Crippen LogP contribution in [-0.4, -0.2) is 47.3 Å². The highest BCUT2D eigenvalue weighted by molar-refractivity contribution is 5.80. The van der Waals surface area contributed by atoms with E-state index in [0.29, 0.717) is 19.1 Å². The fourth-order valence-corrected chi connectivity index (χ4v) is 4.30. The summed E-state index contributed by atoms with van der Waals surface area (Å²) in [5.74, 6) is 0.0486. The van der Waals surface area contributed by atoms with Gasteiger partial charge in [-0.1, -0.05) is 30.7 Å². The van der Waals surface area contributed by atoms with Gasteiger partial charge >= 0.3 is 0 Å². The molecule has 3 rings (SSSR count). The molecule has 0 spiro atoms. The van der Waals surface area contributed by atoms with Gasteiger partial charge in [0.15, 0.2) is 0 Å². The number of carbonyl (C=O) groups excluding carboxylic acids is 2. The Kier molecular flexibility index (Phi) is 6.89. The molecule has 5 heteroatoms. The summed E-state index contributed by atoms with van der Waals surface area (Å²) in [6.07, 6.45) is 5.64. The van der Waals surface area contributed by atoms with E-state index in [0.717, 1.165) is 32.5 Å². The van der Waals surface area contributed by atoms with Crippen molar-refractivity contribution < 1.29 is 9.59 Å². The van der Waals surface area contributed by atoms with Gasteiger partial charge in [-0.2, -0.15) is 0 Å². The number of amides is 2. The van der Waals surface area contributed by atoms with Crippen LogP contribution < -0.4 is 5.32 Å². The van der Waals surface area contributed by atoms with E-state index < -0.39 is 0 Å². The zero-order valence-electron chi connectivity index (χ0n) is 16.7. The van der Waals surface area contributed by atoms with Crippen molar-refractivity contribution in [2.45, 2.75) is 65.1 Å². The van der Waals surface area contributed by atoms with Crippen molar-refractivity contribution in [1.82, 2.24) is 15.1 Å². The van der Waals surface area contributed by atoms with E-state index in [9.17, 15) is 9.59 Å². The molecule has 27 heavy (non-hydrogen) atoms. The van der Waals surface area contributed by atoms with Crippen LogP contribution in [0.1, 0.15) is 57.1 Å². The summed E-state index contributed by atoms with van der Waals surface area (Å²) >= 11 is 0. The largest absolute Gasteiger partial charge is 0.352 e. The summed E-state index contributed by atoms with van der Waals surface area (Å²) in [5, 5.41) is 3.12. The number of carbonyl (C=O) groups is 2. The van der Waals surface area contributed by atoms with Crippen molar-refractivity contribution in [1.29, 1.82) is 0 Å². The highest BCUT2D eigenvalue weighted by atomic mass is 16.2. The molecule has 2 atom stereocenters. The molecule has 0 aromatic heterocycles. The molecule has 148 valence electrons. The van der Waals surface area contributed by atoms with Crippen LogP contribution in [0.25, 0.3) is 0 Å². The Hall–Kier alpha value is -1.88. The molecule has 0 aliphatic carbocycles. The summed E-state index contributed by atoms with van der Waals surface area (Å²) in [6, 6.07) is 9.05. The SMILES string of the molecule is CC(=O)N1CCC[C@H](C(=O)NCc2ccccc2CN2CCCC[C@@H]2C)C1. The van der Waals surface area contributed by atoms with Crippen LogP contribution in [0.3, 0.4) is 0 Å². The smallest absolute Gasteiger partial charge is 0.225 e. The van der Waals surface area contributed by atoms with Gasteiger partial charge < -0.3 is 10.2 Å². The number of hydrogen-bond acceptors (Lipinski definition) is 3. The van der Waals surface area contributed by atoms with E-state index in [2.05, 4.69) is 35.3 Å². The monoisotopic (exact) mass is 371 g/mol. The fourth-order valence-electron chi connectivity index (χ4n) is 4.30. The topological polar surface area (TPSA) is 52.7 Å². The number of piperidine rings is 2. The molecule has 2 aliphatic heterocycles. The second-order valence-electron chi connectivity index (χ2n) is 8.11. The number of likely N-dealkylation sites (tertiary alicyclic amines) is 2. The molecular formula is C22H33N3O2. The van der Waals surface area contributed by atoms with E-state index >= 15 is 0 Å². The van der Waals surface area contributed by atoms with Crippen molar-refractivity contribution in [3.63, 3.8) is 0 Å². The molecule has 1 aromatic carbocycles. The van der Waals surface area contributed by atoms with Crippen LogP contribution in [0.15, 0.2) is 24.3 Å². The van der Waals surface area contributed by atoms with Crippen LogP contribution in [0.4, 0.5) is 0 Å². The van der Waals surface area contributed by atoms with Gasteiger partial charge in [0.25, 0.3) is 0 Å². The Balaban J connectivity index is 1.57. The maximum Gasteiger partial charge on any atom is 0.225 e. The molecule has 2 amide bonds. The average molecular weight is 372 g/mol. The minimum Gasteiger partial charge on any atom is -0.352 e. The summed E-state index contributed by atoms with van der Waals surface area (Å²) in [5.41, 5.74) is 2.50. The predicted octanol–water partition coefficient (Wildman–Crippen LogP) is 2.94. The molecule has 0 bridgehead atoms. The molecule has 2 fully saturated rings. The molecular weight excluding hydrogens is 338 g/mol. The second kappa shape index (κ2) is 9.36. The van der Waals surface area contributed by atoms with Crippen LogP contribution in [0.5, 0.6) is 0 Å². The van der Waals surface area contributed by atoms with Gasteiger partial charge in [-0.05, 0) is 50.3 Å². The Bertz CT molecular complexity index is 661. The van der Waals surface area contributed by atoms with Crippen molar-refractivity contribution in [3.8, 4) is 0 Å². The third kappa shape index (κ3) is 5.32. The molecule has 0 unspecified atom stereocenters. The second-order valence-corrected chi connectivity index (χ2v) is 8.11. The molecule has 2 aliphatic rings. The van der Waals surface area contributed by atoms with Crippen molar-refractivity contribution >= 4 is 11.8 Å². The quantitative estimate of drug-likeness (QED) is 0.866. The number of hydrogen-bond donors (Lipinski definition) is 1. The Morgan fingerprint density at radius 3 is 2.59 bits per heavy atom. The standard InChI is InChI=1S/C22H33N3O2/c1-17-8-5-6-12-24(17)15-20-10-4-3-9-19(20)14-23-22(27)21-11-7-13-25(16-21)18(2)26/h3-4,9-10,17,21H,5-8,11-16H2,1-2H3,(H,23,27)/t17-,21-/m0/s1. The first-order chi connectivity index (χ1) is 13.0. The molecule has 1 aromatic rings. The first kappa shape index (κ1) is 19.9. The van der Waals surface area contributed by atoms with Crippen LogP contribution in [-0.2, 0) is 22.7 Å². The van der Waals surface area contributed by atoms with E-state index in [1.54, 1.807) is 11.8 Å². The van der Waals surface area contributed by atoms with Gasteiger partial charge in [-0.15, -0.1) is 0 Å². The number of benzene rings is 1. The van der Waals surface area contributed by atoms with E-state index in [4.69, 9.17) is 0 Å². The van der Waals surface area contributed by atoms with Gasteiger partial charge in [-0.25, -0.2) is 0 Å². The van der Waals surface area contributed by atoms with Gasteiger partial charge in [0.1, 0.15) is 0 Å². The van der Waals surface area contributed by atoms with Crippen LogP contribution in [0, 0.1) is 5.92 Å². The Morgan fingerprint density at radius 2 is 1.85 bits per heavy atom. The van der Waals surface area contributed by atoms with Crippen LogP contribution in [0.2, 0.25) is 0 Å². The van der Waals surface area contributed by atoms with Crippen LogP contribution >= 0.6 is 0 Å². The molecule has 2 heterocycles. The third-order valence-corrected chi connectivity index (χ3v) is 6.12. The average Bonchev–Trinajstić information content (AvgIpc) is 2.69. The van der Waals surface area contributed by atoms with Gasteiger partial charge in [0.2, 0.25) is 11.8 Å². The summed E-state index contributed by atoms with van der Waals surface area (Å²) in [4.78, 5) is 28.6. The van der Waals surface area contributed by atoms with Gasteiger partial charge in [-0.3, -0.25) is 14.5 Å². The third-order valence-electron chi connectivity index (χ3n) is 6.12. The normalized spacial score (nSPS) is 23.9. The van der Waals surface area contributed by atoms with E-state index in [1.807, 2.05) is 6.07 Å². The lowest BCUT2D eigenvalue weighted by atomic mass is 9.96. The van der Waals surface area contributed by atoms with Crippen molar-refractivity contribution in [2.24, 2.45) is 5.92 Å². The van der Waals surface area contributed by atoms with Crippen molar-refractivity contribution in [2.75, 3.05) is 19.6 Å². The lowest BCUT2D eigenvalue weighted by Gasteiger charge is -2.34. The highest BCUT2D eigenvalue weighted by Gasteiger charge is 2.27. The van der Waals surface area contributed by atoms with E-state index in [-0.39, 0.29) is 17.7 Å². The molecule has 0 saturated carbocycles. The number of nitrogens with one attached hydrogen (secondary N) is 1. The maximum atomic E-state index is 12.6. The fraction of sp³-hybridized carbons (Fsp3) is 0.636. The lowest BCUT2D eigenvalue weighted by Crippen LogP contribution is -2.44. The maximum absolute atomic E-state index is 12.6. The molecule has 0 radical (unpaired) electrons. The van der Waals surface area contributed by atoms with Gasteiger partial charge in [0.05, 0.1) is 5.92 Å². The van der Waals surface area contributed by atoms with E-state index in [1.165, 1.54) is 30.4 Å². The summed E-state index contributed by atoms with van der Waals surface area (Å²) in [6.45, 7) is 7.89. The zero-order valence-corrected chi connectivity index (χ0v) is 16.7. The lowest BCUT2D eigenvalue weighted by molar-refractivity contribution is -0.134. The number of rotatable bonds is 5. The Morgan fingerprint density at radius 1 is 1.07 bits per heavy atom. The highest BCUT2D eigenvalue weighted by Crippen LogP contribution is 2.21. The van der Waals surface area contributed by atoms with Gasteiger partial charge in [0, 0.05) is 39.1 Å². The molecule has 5 nitrogen and oxygen atoms in total. The molecule has 2 saturated heterocycles. The molecule has 1 N–H and O–H groups in total. The zero-order chi connectivity index (χ0) is 19.2. The minimum absolute atomic E-state index is 0.0634. The summed E-state index contributed by atoms with van der Waals surface area (Å²) in [7, 11) is 0. The minimum atomic E-state index is -0.0862. The summed E-state index contributed by atoms with van der Waals surface area (Å²) < 4.78 is 0. The predicted molar refractivity (Wildman–Crippen MR) is 107 cm³/mol. The van der Waals surface area contributed by atoms with Crippen molar-refractivity contribution in [3.05, 3.63) is 35.4 Å². The first-order valence-corrected chi connectivity index (χ1v) is 10.4.